The number of benzene rings is 1. The summed E-state index contributed by atoms with van der Waals surface area (Å²) in [6.07, 6.45) is 1.72. The highest BCUT2D eigenvalue weighted by Crippen LogP contribution is 2.24. The molecule has 0 saturated carbocycles. The molecular formula is C13H13F2N3O. The maximum atomic E-state index is 13.9. The molecule has 100 valence electrons. The van der Waals surface area contributed by atoms with Crippen LogP contribution >= 0.6 is 0 Å². The third-order valence-corrected chi connectivity index (χ3v) is 2.57. The Bertz CT molecular complexity index is 590. The quantitative estimate of drug-likeness (QED) is 0.922. The lowest BCUT2D eigenvalue weighted by Gasteiger charge is -2.09. The molecule has 0 fully saturated rings. The summed E-state index contributed by atoms with van der Waals surface area (Å²) in [5.41, 5.74) is 0.664. The van der Waals surface area contributed by atoms with Gasteiger partial charge in [-0.15, -0.1) is 0 Å². The highest BCUT2D eigenvalue weighted by molar-refractivity contribution is 5.59. The van der Waals surface area contributed by atoms with E-state index in [0.717, 1.165) is 0 Å². The van der Waals surface area contributed by atoms with E-state index in [-0.39, 0.29) is 5.82 Å². The third kappa shape index (κ3) is 2.96. The van der Waals surface area contributed by atoms with Gasteiger partial charge >= 0.3 is 0 Å². The van der Waals surface area contributed by atoms with Crippen molar-refractivity contribution in [3.05, 3.63) is 41.9 Å². The summed E-state index contributed by atoms with van der Waals surface area (Å²) in [5.74, 6) is -0.660. The van der Waals surface area contributed by atoms with Gasteiger partial charge < -0.3 is 10.1 Å². The number of aryl methyl sites for hydroxylation is 1. The number of nitrogens with one attached hydrogen (secondary N) is 1. The van der Waals surface area contributed by atoms with Crippen molar-refractivity contribution in [3.63, 3.8) is 0 Å². The number of halogens is 2. The second kappa shape index (κ2) is 5.60. The molecule has 1 heterocycles. The van der Waals surface area contributed by atoms with Gasteiger partial charge in [0, 0.05) is 17.8 Å². The van der Waals surface area contributed by atoms with E-state index in [0.29, 0.717) is 23.6 Å². The van der Waals surface area contributed by atoms with Crippen molar-refractivity contribution in [3.8, 4) is 5.75 Å². The van der Waals surface area contributed by atoms with Crippen LogP contribution in [0.3, 0.4) is 0 Å². The van der Waals surface area contributed by atoms with Crippen LogP contribution in [-0.2, 0) is 6.42 Å². The maximum absolute atomic E-state index is 13.9. The van der Waals surface area contributed by atoms with Crippen LogP contribution in [0.1, 0.15) is 12.6 Å². The summed E-state index contributed by atoms with van der Waals surface area (Å²) in [5, 5.41) is 2.72. The fourth-order valence-corrected chi connectivity index (χ4v) is 1.63. The van der Waals surface area contributed by atoms with Crippen LogP contribution in [0.4, 0.5) is 20.3 Å². The van der Waals surface area contributed by atoms with E-state index >= 15 is 0 Å². The third-order valence-electron chi connectivity index (χ3n) is 2.57. The van der Waals surface area contributed by atoms with Crippen LogP contribution in [0, 0.1) is 11.6 Å². The smallest absolute Gasteiger partial charge is 0.187 e. The molecule has 0 unspecified atom stereocenters. The van der Waals surface area contributed by atoms with Gasteiger partial charge in [0.05, 0.1) is 12.8 Å². The number of hydrogen-bond acceptors (Lipinski definition) is 4. The lowest BCUT2D eigenvalue weighted by Crippen LogP contribution is -2.03. The van der Waals surface area contributed by atoms with E-state index in [1.54, 1.807) is 13.0 Å². The highest BCUT2D eigenvalue weighted by atomic mass is 19.1. The average molecular weight is 265 g/mol. The fraction of sp³-hybridized carbons (Fsp3) is 0.231. The van der Waals surface area contributed by atoms with Gasteiger partial charge in [-0.3, -0.25) is 0 Å². The number of rotatable bonds is 4. The van der Waals surface area contributed by atoms with Crippen molar-refractivity contribution in [1.82, 2.24) is 9.97 Å². The molecule has 0 aliphatic carbocycles. The monoisotopic (exact) mass is 265 g/mol. The van der Waals surface area contributed by atoms with Crippen LogP contribution in [0.25, 0.3) is 0 Å². The Balaban J connectivity index is 2.33. The Kier molecular flexibility index (Phi) is 3.89. The lowest BCUT2D eigenvalue weighted by molar-refractivity contribution is 0.411. The number of aromatic nitrogens is 2. The molecule has 19 heavy (non-hydrogen) atoms. The number of methoxy groups -OCH3 is 1. The highest BCUT2D eigenvalue weighted by Gasteiger charge is 2.10. The second-order valence-electron chi connectivity index (χ2n) is 3.84. The van der Waals surface area contributed by atoms with Crippen molar-refractivity contribution in [2.75, 3.05) is 12.4 Å². The molecule has 4 nitrogen and oxygen atoms in total. The summed E-state index contributed by atoms with van der Waals surface area (Å²) in [6, 6.07) is 4.02. The molecule has 6 heteroatoms. The molecule has 0 aliphatic heterocycles. The van der Waals surface area contributed by atoms with Gasteiger partial charge in [0.15, 0.2) is 11.6 Å². The average Bonchev–Trinajstić information content (AvgIpc) is 2.40. The maximum Gasteiger partial charge on any atom is 0.187 e. The summed E-state index contributed by atoms with van der Waals surface area (Å²) < 4.78 is 32.2. The predicted molar refractivity (Wildman–Crippen MR) is 67.6 cm³/mol. The first kappa shape index (κ1) is 13.2. The molecule has 1 aromatic carbocycles. The Morgan fingerprint density at radius 3 is 2.68 bits per heavy atom. The number of hydrogen-bond donors (Lipinski definition) is 1. The SMILES string of the molecule is CCc1ncnc(Nc2cc(F)cc(OC)c2)c1F. The standard InChI is InChI=1S/C13H13F2N3O/c1-3-11-12(15)13(17-7-16-11)18-9-4-8(14)5-10(6-9)19-2/h4-7H,3H2,1-2H3,(H,16,17,18). The van der Waals surface area contributed by atoms with Crippen LogP contribution in [0.5, 0.6) is 5.75 Å². The van der Waals surface area contributed by atoms with Crippen LogP contribution in [-0.4, -0.2) is 17.1 Å². The molecular weight excluding hydrogens is 252 g/mol. The number of ether oxygens (including phenoxy) is 1. The minimum absolute atomic E-state index is 0.0134. The van der Waals surface area contributed by atoms with Crippen molar-refractivity contribution >= 4 is 11.5 Å². The van der Waals surface area contributed by atoms with Gasteiger partial charge in [0.2, 0.25) is 0 Å². The van der Waals surface area contributed by atoms with E-state index in [4.69, 9.17) is 4.74 Å². The molecule has 0 radical (unpaired) electrons. The second-order valence-corrected chi connectivity index (χ2v) is 3.84. The Labute approximate surface area is 109 Å². The zero-order valence-corrected chi connectivity index (χ0v) is 10.6. The molecule has 0 atom stereocenters. The van der Waals surface area contributed by atoms with Crippen LogP contribution in [0.15, 0.2) is 24.5 Å². The molecule has 1 N–H and O–H groups in total. The van der Waals surface area contributed by atoms with E-state index in [1.165, 1.54) is 25.6 Å². The Morgan fingerprint density at radius 2 is 2.00 bits per heavy atom. The van der Waals surface area contributed by atoms with Crippen molar-refractivity contribution in [1.29, 1.82) is 0 Å². The zero-order valence-electron chi connectivity index (χ0n) is 10.6. The first-order valence-corrected chi connectivity index (χ1v) is 5.75. The largest absolute Gasteiger partial charge is 0.497 e. The van der Waals surface area contributed by atoms with Gasteiger partial charge in [0.25, 0.3) is 0 Å². The van der Waals surface area contributed by atoms with Gasteiger partial charge in [-0.1, -0.05) is 6.92 Å². The lowest BCUT2D eigenvalue weighted by atomic mass is 10.2. The van der Waals surface area contributed by atoms with Gasteiger partial charge in [0.1, 0.15) is 17.9 Å². The molecule has 0 amide bonds. The van der Waals surface area contributed by atoms with Crippen molar-refractivity contribution in [2.24, 2.45) is 0 Å². The summed E-state index contributed by atoms with van der Waals surface area (Å²) >= 11 is 0. The topological polar surface area (TPSA) is 47.0 Å². The van der Waals surface area contributed by atoms with Crippen molar-refractivity contribution < 1.29 is 13.5 Å². The van der Waals surface area contributed by atoms with E-state index < -0.39 is 11.6 Å². The predicted octanol–water partition coefficient (Wildman–Crippen LogP) is 3.07. The normalized spacial score (nSPS) is 10.3. The van der Waals surface area contributed by atoms with E-state index in [9.17, 15) is 8.78 Å². The molecule has 0 bridgehead atoms. The van der Waals surface area contributed by atoms with Gasteiger partial charge in [-0.25, -0.2) is 18.7 Å². The van der Waals surface area contributed by atoms with Crippen molar-refractivity contribution in [2.45, 2.75) is 13.3 Å². The van der Waals surface area contributed by atoms with Gasteiger partial charge in [-0.05, 0) is 12.5 Å². The minimum atomic E-state index is -0.534. The molecule has 1 aromatic heterocycles. The number of anilines is 2. The fourth-order valence-electron chi connectivity index (χ4n) is 1.63. The Hall–Kier alpha value is -2.24. The summed E-state index contributed by atoms with van der Waals surface area (Å²) in [7, 11) is 1.43. The zero-order chi connectivity index (χ0) is 13.8. The Morgan fingerprint density at radius 1 is 1.21 bits per heavy atom. The van der Waals surface area contributed by atoms with Crippen LogP contribution in [0.2, 0.25) is 0 Å². The molecule has 2 rings (SSSR count). The molecule has 2 aromatic rings. The molecule has 0 spiro atoms. The first-order chi connectivity index (χ1) is 9.13. The van der Waals surface area contributed by atoms with E-state index in [2.05, 4.69) is 15.3 Å². The summed E-state index contributed by atoms with van der Waals surface area (Å²) in [4.78, 5) is 7.63. The first-order valence-electron chi connectivity index (χ1n) is 5.75. The molecule has 0 saturated heterocycles. The summed E-state index contributed by atoms with van der Waals surface area (Å²) in [6.45, 7) is 1.79. The number of nitrogens with zero attached hydrogens (tertiary/aromatic N) is 2. The van der Waals surface area contributed by atoms with Gasteiger partial charge in [-0.2, -0.15) is 0 Å². The minimum Gasteiger partial charge on any atom is -0.497 e. The molecule has 0 aliphatic rings. The van der Waals surface area contributed by atoms with E-state index in [1.807, 2.05) is 0 Å². The van der Waals surface area contributed by atoms with Crippen LogP contribution < -0.4 is 10.1 Å².